The molecule has 0 amide bonds. The van der Waals surface area contributed by atoms with E-state index in [1.165, 1.54) is 5.56 Å². The van der Waals surface area contributed by atoms with Gasteiger partial charge in [0, 0.05) is 12.5 Å². The topological polar surface area (TPSA) is 50.6 Å². The number of rotatable bonds is 5. The highest BCUT2D eigenvalue weighted by Gasteiger charge is 2.17. The molecule has 0 spiro atoms. The van der Waals surface area contributed by atoms with Crippen molar-refractivity contribution in [3.05, 3.63) is 90.0 Å². The van der Waals surface area contributed by atoms with Crippen LogP contribution in [0.3, 0.4) is 0 Å². The van der Waals surface area contributed by atoms with Gasteiger partial charge >= 0.3 is 5.78 Å². The second kappa shape index (κ2) is 6.88. The third-order valence-corrected chi connectivity index (χ3v) is 4.42. The van der Waals surface area contributed by atoms with Crippen molar-refractivity contribution in [2.75, 3.05) is 7.11 Å². The highest BCUT2D eigenvalue weighted by molar-refractivity contribution is 5.43. The molecule has 0 radical (unpaired) electrons. The predicted molar refractivity (Wildman–Crippen MR) is 98.4 cm³/mol. The first-order chi connectivity index (χ1) is 12.7. The summed E-state index contributed by atoms with van der Waals surface area (Å²) >= 11 is 0. The second-order valence-corrected chi connectivity index (χ2v) is 6.21. The molecule has 2 aromatic carbocycles. The Bertz CT molecular complexity index is 1040. The molecule has 1 N–H and O–H groups in total. The van der Waals surface area contributed by atoms with E-state index in [4.69, 9.17) is 4.74 Å². The Hall–Kier alpha value is -3.34. The summed E-state index contributed by atoms with van der Waals surface area (Å²) in [6, 6.07) is 17.7. The van der Waals surface area contributed by atoms with Gasteiger partial charge in [0.25, 0.3) is 0 Å². The first-order valence-electron chi connectivity index (χ1n) is 8.49. The van der Waals surface area contributed by atoms with Crippen LogP contribution in [0.1, 0.15) is 16.8 Å². The molecule has 0 saturated heterocycles. The molecule has 130 valence electrons. The SMILES string of the molecule is COc1cc(Cc2c[n+](Cc3ccccc3)c3ncccn23)ccc1O. The van der Waals surface area contributed by atoms with Gasteiger partial charge < -0.3 is 9.84 Å². The molecule has 0 aliphatic rings. The molecule has 4 rings (SSSR count). The van der Waals surface area contributed by atoms with Crippen molar-refractivity contribution in [3.8, 4) is 11.5 Å². The van der Waals surface area contributed by atoms with Crippen molar-refractivity contribution in [1.29, 1.82) is 0 Å². The summed E-state index contributed by atoms with van der Waals surface area (Å²) in [6.07, 6.45) is 6.68. The summed E-state index contributed by atoms with van der Waals surface area (Å²) in [5.41, 5.74) is 3.42. The number of fused-ring (bicyclic) bond motifs is 1. The molecule has 5 heteroatoms. The highest BCUT2D eigenvalue weighted by atomic mass is 16.5. The van der Waals surface area contributed by atoms with Crippen molar-refractivity contribution in [2.24, 2.45) is 0 Å². The maximum Gasteiger partial charge on any atom is 0.403 e. The zero-order valence-electron chi connectivity index (χ0n) is 14.5. The number of nitrogens with zero attached hydrogens (tertiary/aromatic N) is 3. The first-order valence-corrected chi connectivity index (χ1v) is 8.49. The summed E-state index contributed by atoms with van der Waals surface area (Å²) in [5, 5.41) is 9.80. The number of aromatic nitrogens is 3. The molecule has 0 aliphatic carbocycles. The molecular weight excluding hydrogens is 326 g/mol. The van der Waals surface area contributed by atoms with E-state index in [1.807, 2.05) is 48.8 Å². The number of phenols is 1. The first kappa shape index (κ1) is 16.1. The van der Waals surface area contributed by atoms with Crippen LogP contribution in [0.25, 0.3) is 5.78 Å². The minimum absolute atomic E-state index is 0.150. The zero-order chi connectivity index (χ0) is 17.9. The van der Waals surface area contributed by atoms with Crippen LogP contribution in [0, 0.1) is 0 Å². The summed E-state index contributed by atoms with van der Waals surface area (Å²) in [4.78, 5) is 4.55. The van der Waals surface area contributed by atoms with E-state index < -0.39 is 0 Å². The van der Waals surface area contributed by atoms with Crippen molar-refractivity contribution in [1.82, 2.24) is 9.38 Å². The van der Waals surface area contributed by atoms with Gasteiger partial charge in [-0.25, -0.2) is 8.97 Å². The van der Waals surface area contributed by atoms with Crippen molar-refractivity contribution < 1.29 is 14.4 Å². The average molecular weight is 346 g/mol. The van der Waals surface area contributed by atoms with Gasteiger partial charge in [0.1, 0.15) is 18.1 Å². The molecule has 0 aliphatic heterocycles. The lowest BCUT2D eigenvalue weighted by Crippen LogP contribution is -2.33. The molecule has 2 aromatic heterocycles. The lowest BCUT2D eigenvalue weighted by atomic mass is 10.1. The van der Waals surface area contributed by atoms with Crippen LogP contribution in [0.15, 0.2) is 73.2 Å². The second-order valence-electron chi connectivity index (χ2n) is 6.21. The van der Waals surface area contributed by atoms with Gasteiger partial charge in [-0.05, 0) is 23.3 Å². The summed E-state index contributed by atoms with van der Waals surface area (Å²) in [5.74, 6) is 1.54. The molecule has 0 unspecified atom stereocenters. The monoisotopic (exact) mass is 346 g/mol. The number of hydrogen-bond acceptors (Lipinski definition) is 3. The fourth-order valence-corrected chi connectivity index (χ4v) is 3.17. The molecule has 2 heterocycles. The third kappa shape index (κ3) is 3.11. The number of imidazole rings is 1. The van der Waals surface area contributed by atoms with Gasteiger partial charge in [-0.15, -0.1) is 0 Å². The minimum Gasteiger partial charge on any atom is -0.504 e. The molecule has 0 atom stereocenters. The Labute approximate surface area is 151 Å². The Morgan fingerprint density at radius 3 is 2.73 bits per heavy atom. The third-order valence-electron chi connectivity index (χ3n) is 4.42. The lowest BCUT2D eigenvalue weighted by Gasteiger charge is -2.05. The van der Waals surface area contributed by atoms with Gasteiger partial charge in [-0.2, -0.15) is 0 Å². The standard InChI is InChI=1S/C21H19N3O2/c1-26-20-13-17(8-9-19(20)25)12-18-15-23(14-16-6-3-2-4-7-16)21-22-10-5-11-24(18)21/h2-11,13,15H,12,14H2,1H3/p+1. The van der Waals surface area contributed by atoms with Crippen LogP contribution < -0.4 is 9.30 Å². The van der Waals surface area contributed by atoms with Gasteiger partial charge in [0.2, 0.25) is 0 Å². The Balaban J connectivity index is 1.71. The predicted octanol–water partition coefficient (Wildman–Crippen LogP) is 2.98. The molecule has 0 saturated carbocycles. The fraction of sp³-hybridized carbons (Fsp3) is 0.143. The average Bonchev–Trinajstić information content (AvgIpc) is 3.02. The van der Waals surface area contributed by atoms with Crippen LogP contribution in [-0.4, -0.2) is 21.6 Å². The normalized spacial score (nSPS) is 11.0. The van der Waals surface area contributed by atoms with Crippen LogP contribution in [0.2, 0.25) is 0 Å². The largest absolute Gasteiger partial charge is 0.504 e. The molecule has 0 fully saturated rings. The number of hydrogen-bond donors (Lipinski definition) is 1. The zero-order valence-corrected chi connectivity index (χ0v) is 14.5. The summed E-state index contributed by atoms with van der Waals surface area (Å²) < 4.78 is 9.48. The molecule has 0 bridgehead atoms. The molecule has 26 heavy (non-hydrogen) atoms. The number of phenolic OH excluding ortho intramolecular Hbond substituents is 1. The summed E-state index contributed by atoms with van der Waals surface area (Å²) in [7, 11) is 1.56. The Morgan fingerprint density at radius 1 is 1.08 bits per heavy atom. The van der Waals surface area contributed by atoms with E-state index in [-0.39, 0.29) is 5.75 Å². The number of ether oxygens (including phenoxy) is 1. The van der Waals surface area contributed by atoms with Crippen LogP contribution in [0.4, 0.5) is 0 Å². The van der Waals surface area contributed by atoms with E-state index in [9.17, 15) is 5.11 Å². The fourth-order valence-electron chi connectivity index (χ4n) is 3.17. The number of benzene rings is 2. The van der Waals surface area contributed by atoms with E-state index in [0.29, 0.717) is 12.2 Å². The van der Waals surface area contributed by atoms with Crippen molar-refractivity contribution in [3.63, 3.8) is 0 Å². The van der Waals surface area contributed by atoms with E-state index in [2.05, 4.69) is 32.3 Å². The quantitative estimate of drug-likeness (QED) is 0.565. The highest BCUT2D eigenvalue weighted by Crippen LogP contribution is 2.27. The van der Waals surface area contributed by atoms with Crippen LogP contribution >= 0.6 is 0 Å². The Kier molecular flexibility index (Phi) is 4.27. The number of aromatic hydroxyl groups is 1. The summed E-state index contributed by atoms with van der Waals surface area (Å²) in [6.45, 7) is 0.764. The van der Waals surface area contributed by atoms with Crippen molar-refractivity contribution >= 4 is 5.78 Å². The Morgan fingerprint density at radius 2 is 1.92 bits per heavy atom. The smallest absolute Gasteiger partial charge is 0.403 e. The molecule has 4 aromatic rings. The van der Waals surface area contributed by atoms with Gasteiger partial charge in [0.15, 0.2) is 11.5 Å². The maximum atomic E-state index is 9.80. The van der Waals surface area contributed by atoms with E-state index in [0.717, 1.165) is 23.6 Å². The maximum absolute atomic E-state index is 9.80. The van der Waals surface area contributed by atoms with Crippen molar-refractivity contribution in [2.45, 2.75) is 13.0 Å². The van der Waals surface area contributed by atoms with Crippen LogP contribution in [0.5, 0.6) is 11.5 Å². The van der Waals surface area contributed by atoms with Gasteiger partial charge in [-0.1, -0.05) is 41.4 Å². The molecule has 5 nitrogen and oxygen atoms in total. The number of methoxy groups -OCH3 is 1. The lowest BCUT2D eigenvalue weighted by molar-refractivity contribution is -0.664. The van der Waals surface area contributed by atoms with E-state index in [1.54, 1.807) is 13.2 Å². The van der Waals surface area contributed by atoms with Gasteiger partial charge in [0.05, 0.1) is 19.9 Å². The van der Waals surface area contributed by atoms with Crippen LogP contribution in [-0.2, 0) is 13.0 Å². The van der Waals surface area contributed by atoms with E-state index >= 15 is 0 Å². The minimum atomic E-state index is 0.150. The van der Waals surface area contributed by atoms with Gasteiger partial charge in [-0.3, -0.25) is 0 Å². The molecular formula is C21H20N3O2+.